The Balaban J connectivity index is 1.94. The monoisotopic (exact) mass is 357 g/mol. The van der Waals surface area contributed by atoms with Crippen LogP contribution in [0.4, 0.5) is 8.78 Å². The number of benzene rings is 1. The van der Waals surface area contributed by atoms with Gasteiger partial charge in [-0.1, -0.05) is 19.9 Å². The van der Waals surface area contributed by atoms with Gasteiger partial charge < -0.3 is 14.6 Å². The number of ether oxygens (including phenoxy) is 2. The van der Waals surface area contributed by atoms with Crippen LogP contribution in [0.2, 0.25) is 0 Å². The van der Waals surface area contributed by atoms with Crippen molar-refractivity contribution in [3.05, 3.63) is 35.4 Å². The molecule has 1 aliphatic heterocycles. The highest BCUT2D eigenvalue weighted by atomic mass is 19.1. The van der Waals surface area contributed by atoms with Gasteiger partial charge in [0, 0.05) is 44.5 Å². The lowest BCUT2D eigenvalue weighted by molar-refractivity contribution is -0.00411. The van der Waals surface area contributed by atoms with Crippen molar-refractivity contribution in [2.24, 2.45) is 5.92 Å². The Morgan fingerprint density at radius 1 is 1.32 bits per heavy atom. The van der Waals surface area contributed by atoms with Crippen LogP contribution >= 0.6 is 0 Å². The lowest BCUT2D eigenvalue weighted by Gasteiger charge is -2.27. The third kappa shape index (κ3) is 7.36. The van der Waals surface area contributed by atoms with E-state index in [1.807, 2.05) is 18.7 Å². The minimum atomic E-state index is -0.663. The van der Waals surface area contributed by atoms with E-state index in [1.54, 1.807) is 0 Å². The molecule has 0 bridgehead atoms. The van der Waals surface area contributed by atoms with Crippen molar-refractivity contribution < 1.29 is 23.4 Å². The molecule has 0 amide bonds. The molecule has 2 rings (SSSR count). The van der Waals surface area contributed by atoms with E-state index in [0.29, 0.717) is 37.7 Å². The maximum Gasteiger partial charge on any atom is 0.130 e. The van der Waals surface area contributed by atoms with Gasteiger partial charge in [0.2, 0.25) is 0 Å². The van der Waals surface area contributed by atoms with Gasteiger partial charge >= 0.3 is 0 Å². The van der Waals surface area contributed by atoms with Crippen molar-refractivity contribution >= 4 is 0 Å². The summed E-state index contributed by atoms with van der Waals surface area (Å²) >= 11 is 0. The van der Waals surface area contributed by atoms with Crippen LogP contribution < -0.4 is 0 Å². The van der Waals surface area contributed by atoms with Crippen LogP contribution in [-0.2, 0) is 16.0 Å². The first-order valence-electron chi connectivity index (χ1n) is 8.97. The SMILES string of the molecule is CC(C)COC[C@@H](O)CN(Cc1ccc(F)cc1F)C[C@H]1CCCO1. The third-order valence-electron chi connectivity index (χ3n) is 4.13. The molecule has 0 saturated carbocycles. The lowest BCUT2D eigenvalue weighted by Crippen LogP contribution is -2.39. The van der Waals surface area contributed by atoms with Gasteiger partial charge in [0.05, 0.1) is 18.8 Å². The second-order valence-electron chi connectivity index (χ2n) is 7.15. The minimum Gasteiger partial charge on any atom is -0.389 e. The van der Waals surface area contributed by atoms with Crippen molar-refractivity contribution in [1.29, 1.82) is 0 Å². The number of hydrogen-bond donors (Lipinski definition) is 1. The smallest absolute Gasteiger partial charge is 0.130 e. The molecule has 0 radical (unpaired) electrons. The highest BCUT2D eigenvalue weighted by Gasteiger charge is 2.22. The summed E-state index contributed by atoms with van der Waals surface area (Å²) in [4.78, 5) is 1.95. The number of halogens is 2. The second-order valence-corrected chi connectivity index (χ2v) is 7.15. The molecule has 0 aliphatic carbocycles. The summed E-state index contributed by atoms with van der Waals surface area (Å²) in [5.41, 5.74) is 0.412. The van der Waals surface area contributed by atoms with Crippen molar-refractivity contribution in [2.45, 2.75) is 45.4 Å². The number of aliphatic hydroxyl groups excluding tert-OH is 1. The van der Waals surface area contributed by atoms with Crippen molar-refractivity contribution in [3.63, 3.8) is 0 Å². The summed E-state index contributed by atoms with van der Waals surface area (Å²) in [6, 6.07) is 3.60. The van der Waals surface area contributed by atoms with Crippen molar-refractivity contribution in [2.75, 3.05) is 32.9 Å². The maximum atomic E-state index is 14.0. The first kappa shape index (κ1) is 20.2. The average Bonchev–Trinajstić information content (AvgIpc) is 3.02. The van der Waals surface area contributed by atoms with Crippen LogP contribution in [0, 0.1) is 17.6 Å². The first-order valence-corrected chi connectivity index (χ1v) is 8.97. The van der Waals surface area contributed by atoms with Crippen LogP contribution in [-0.4, -0.2) is 55.1 Å². The Morgan fingerprint density at radius 2 is 2.12 bits per heavy atom. The predicted octanol–water partition coefficient (Wildman–Crippen LogP) is 2.98. The molecule has 1 N–H and O–H groups in total. The molecule has 25 heavy (non-hydrogen) atoms. The molecular weight excluding hydrogens is 328 g/mol. The molecule has 142 valence electrons. The van der Waals surface area contributed by atoms with Gasteiger partial charge in [-0.15, -0.1) is 0 Å². The molecule has 2 atom stereocenters. The molecule has 0 unspecified atom stereocenters. The quantitative estimate of drug-likeness (QED) is 0.699. The Bertz CT molecular complexity index is 521. The molecule has 1 aromatic carbocycles. The second kappa shape index (κ2) is 10.2. The molecule has 1 fully saturated rings. The van der Waals surface area contributed by atoms with Gasteiger partial charge in [0.25, 0.3) is 0 Å². The normalized spacial score (nSPS) is 19.1. The van der Waals surface area contributed by atoms with Crippen LogP contribution in [0.1, 0.15) is 32.3 Å². The van der Waals surface area contributed by atoms with Gasteiger partial charge in [-0.2, -0.15) is 0 Å². The zero-order valence-corrected chi connectivity index (χ0v) is 15.1. The largest absolute Gasteiger partial charge is 0.389 e. The van der Waals surface area contributed by atoms with Gasteiger partial charge in [-0.3, -0.25) is 4.90 Å². The molecule has 1 aliphatic rings. The van der Waals surface area contributed by atoms with Gasteiger partial charge in [-0.25, -0.2) is 8.78 Å². The summed E-state index contributed by atoms with van der Waals surface area (Å²) in [6.07, 6.45) is 1.40. The third-order valence-corrected chi connectivity index (χ3v) is 4.13. The fourth-order valence-corrected chi connectivity index (χ4v) is 2.96. The van der Waals surface area contributed by atoms with Gasteiger partial charge in [0.1, 0.15) is 11.6 Å². The highest BCUT2D eigenvalue weighted by molar-refractivity contribution is 5.18. The molecule has 6 heteroatoms. The van der Waals surface area contributed by atoms with Gasteiger partial charge in [-0.05, 0) is 24.8 Å². The number of aliphatic hydroxyl groups is 1. The van der Waals surface area contributed by atoms with Crippen LogP contribution in [0.15, 0.2) is 18.2 Å². The van der Waals surface area contributed by atoms with Crippen LogP contribution in [0.3, 0.4) is 0 Å². The summed E-state index contributed by atoms with van der Waals surface area (Å²) < 4.78 is 38.2. The van der Waals surface area contributed by atoms with E-state index in [0.717, 1.165) is 25.5 Å². The van der Waals surface area contributed by atoms with Gasteiger partial charge in [0.15, 0.2) is 0 Å². The summed E-state index contributed by atoms with van der Waals surface area (Å²) in [7, 11) is 0. The molecular formula is C19H29F2NO3. The van der Waals surface area contributed by atoms with E-state index in [1.165, 1.54) is 12.1 Å². The predicted molar refractivity (Wildman–Crippen MR) is 92.3 cm³/mol. The minimum absolute atomic E-state index is 0.0901. The van der Waals surface area contributed by atoms with E-state index < -0.39 is 17.7 Å². The Labute approximate surface area is 148 Å². The zero-order chi connectivity index (χ0) is 18.2. The van der Waals surface area contributed by atoms with E-state index in [4.69, 9.17) is 9.47 Å². The Morgan fingerprint density at radius 3 is 2.76 bits per heavy atom. The fraction of sp³-hybridized carbons (Fsp3) is 0.684. The standard InChI is InChI=1S/C19H29F2NO3/c1-14(2)12-24-13-17(23)10-22(11-18-4-3-7-25-18)9-15-5-6-16(20)8-19(15)21/h5-6,8,14,17-18,23H,3-4,7,9-13H2,1-2H3/t17-,18+/m0/s1. The molecule has 0 spiro atoms. The Hall–Kier alpha value is -1.08. The zero-order valence-electron chi connectivity index (χ0n) is 15.1. The summed E-state index contributed by atoms with van der Waals surface area (Å²) in [5.74, 6) is -0.750. The van der Waals surface area contributed by atoms with Crippen molar-refractivity contribution in [3.8, 4) is 0 Å². The summed E-state index contributed by atoms with van der Waals surface area (Å²) in [5, 5.41) is 10.2. The maximum absolute atomic E-state index is 14.0. The topological polar surface area (TPSA) is 41.9 Å². The first-order chi connectivity index (χ1) is 11.9. The van der Waals surface area contributed by atoms with Crippen molar-refractivity contribution in [1.82, 2.24) is 4.90 Å². The molecule has 4 nitrogen and oxygen atoms in total. The number of nitrogens with zero attached hydrogens (tertiary/aromatic N) is 1. The molecule has 1 heterocycles. The number of hydrogen-bond acceptors (Lipinski definition) is 4. The lowest BCUT2D eigenvalue weighted by atomic mass is 10.1. The Kier molecular flexibility index (Phi) is 8.22. The average molecular weight is 357 g/mol. The number of rotatable bonds is 10. The van der Waals surface area contributed by atoms with E-state index >= 15 is 0 Å². The molecule has 1 saturated heterocycles. The highest BCUT2D eigenvalue weighted by Crippen LogP contribution is 2.17. The van der Waals surface area contributed by atoms with Crippen LogP contribution in [0.5, 0.6) is 0 Å². The van der Waals surface area contributed by atoms with E-state index in [-0.39, 0.29) is 12.7 Å². The molecule has 0 aromatic heterocycles. The molecule has 1 aromatic rings. The van der Waals surface area contributed by atoms with E-state index in [2.05, 4.69) is 0 Å². The van der Waals surface area contributed by atoms with Crippen LogP contribution in [0.25, 0.3) is 0 Å². The van der Waals surface area contributed by atoms with E-state index in [9.17, 15) is 13.9 Å². The summed E-state index contributed by atoms with van der Waals surface area (Å²) in [6.45, 7) is 6.94. The fourth-order valence-electron chi connectivity index (χ4n) is 2.96.